The van der Waals surface area contributed by atoms with Crippen LogP contribution >= 0.6 is 0 Å². The van der Waals surface area contributed by atoms with Gasteiger partial charge in [-0.1, -0.05) is 0 Å². The molecule has 6 nitrogen and oxygen atoms in total. The zero-order valence-electron chi connectivity index (χ0n) is 11.4. The van der Waals surface area contributed by atoms with Gasteiger partial charge in [-0.25, -0.2) is 0 Å². The standard InChI is InChI=1S/C14H17N3O3/c1-19-14(18)10-4-6-12-15-16-13(17(12)9-10)7-5-11-3-2-8-20-11/h2-3,8,10H,4-7,9H2,1H3. The van der Waals surface area contributed by atoms with Crippen LogP contribution in [0.4, 0.5) is 0 Å². The molecule has 0 radical (unpaired) electrons. The summed E-state index contributed by atoms with van der Waals surface area (Å²) in [6, 6.07) is 3.83. The molecule has 2 aromatic heterocycles. The quantitative estimate of drug-likeness (QED) is 0.789. The van der Waals surface area contributed by atoms with E-state index in [0.717, 1.165) is 43.1 Å². The Labute approximate surface area is 116 Å². The van der Waals surface area contributed by atoms with Gasteiger partial charge in [0.1, 0.15) is 17.4 Å². The van der Waals surface area contributed by atoms with E-state index in [-0.39, 0.29) is 11.9 Å². The van der Waals surface area contributed by atoms with Crippen LogP contribution in [0, 0.1) is 5.92 Å². The fourth-order valence-corrected chi connectivity index (χ4v) is 2.62. The van der Waals surface area contributed by atoms with E-state index in [2.05, 4.69) is 10.2 Å². The van der Waals surface area contributed by atoms with Crippen molar-refractivity contribution < 1.29 is 13.9 Å². The van der Waals surface area contributed by atoms with Gasteiger partial charge < -0.3 is 13.7 Å². The largest absolute Gasteiger partial charge is 0.469 e. The number of hydrogen-bond acceptors (Lipinski definition) is 5. The highest BCUT2D eigenvalue weighted by Gasteiger charge is 2.28. The topological polar surface area (TPSA) is 70.2 Å². The lowest BCUT2D eigenvalue weighted by Crippen LogP contribution is -2.28. The Hall–Kier alpha value is -2.11. The van der Waals surface area contributed by atoms with Gasteiger partial charge >= 0.3 is 5.97 Å². The molecule has 0 spiro atoms. The van der Waals surface area contributed by atoms with Crippen molar-refractivity contribution in [3.05, 3.63) is 35.8 Å². The lowest BCUT2D eigenvalue weighted by molar-refractivity contribution is -0.146. The molecule has 6 heteroatoms. The van der Waals surface area contributed by atoms with Gasteiger partial charge in [0.2, 0.25) is 0 Å². The first-order chi connectivity index (χ1) is 9.78. The Morgan fingerprint density at radius 3 is 3.15 bits per heavy atom. The number of carbonyl (C=O) groups is 1. The fraction of sp³-hybridized carbons (Fsp3) is 0.500. The first-order valence-corrected chi connectivity index (χ1v) is 6.79. The second-order valence-corrected chi connectivity index (χ2v) is 4.98. The van der Waals surface area contributed by atoms with Gasteiger partial charge in [0.15, 0.2) is 0 Å². The van der Waals surface area contributed by atoms with E-state index in [4.69, 9.17) is 9.15 Å². The second-order valence-electron chi connectivity index (χ2n) is 4.98. The van der Waals surface area contributed by atoms with E-state index >= 15 is 0 Å². The molecule has 1 aliphatic rings. The van der Waals surface area contributed by atoms with Gasteiger partial charge in [0.25, 0.3) is 0 Å². The maximum atomic E-state index is 11.7. The maximum absolute atomic E-state index is 11.7. The molecule has 0 saturated carbocycles. The van der Waals surface area contributed by atoms with Crippen LogP contribution in [0.3, 0.4) is 0 Å². The molecule has 3 heterocycles. The molecule has 3 rings (SSSR count). The van der Waals surface area contributed by atoms with Crippen LogP contribution in [-0.2, 0) is 35.3 Å². The van der Waals surface area contributed by atoms with Gasteiger partial charge in [-0.2, -0.15) is 0 Å². The van der Waals surface area contributed by atoms with Crippen molar-refractivity contribution >= 4 is 5.97 Å². The first kappa shape index (κ1) is 12.9. The molecular formula is C14H17N3O3. The third-order valence-electron chi connectivity index (χ3n) is 3.73. The molecule has 2 aromatic rings. The number of ether oxygens (including phenoxy) is 1. The zero-order valence-corrected chi connectivity index (χ0v) is 11.4. The Morgan fingerprint density at radius 2 is 2.40 bits per heavy atom. The average Bonchev–Trinajstić information content (AvgIpc) is 3.13. The van der Waals surface area contributed by atoms with Crippen LogP contribution < -0.4 is 0 Å². The highest BCUT2D eigenvalue weighted by atomic mass is 16.5. The molecule has 0 fully saturated rings. The third-order valence-corrected chi connectivity index (χ3v) is 3.73. The summed E-state index contributed by atoms with van der Waals surface area (Å²) in [6.07, 6.45) is 4.76. The van der Waals surface area contributed by atoms with Crippen molar-refractivity contribution in [2.75, 3.05) is 7.11 Å². The molecule has 0 aromatic carbocycles. The zero-order chi connectivity index (χ0) is 13.9. The van der Waals surface area contributed by atoms with E-state index in [1.54, 1.807) is 6.26 Å². The lowest BCUT2D eigenvalue weighted by Gasteiger charge is -2.22. The molecule has 0 aliphatic carbocycles. The van der Waals surface area contributed by atoms with Gasteiger partial charge in [-0.05, 0) is 18.6 Å². The number of nitrogens with zero attached hydrogens (tertiary/aromatic N) is 3. The number of methoxy groups -OCH3 is 1. The molecule has 1 aliphatic heterocycles. The number of aromatic nitrogens is 3. The molecule has 0 saturated heterocycles. The number of esters is 1. The summed E-state index contributed by atoms with van der Waals surface area (Å²) < 4.78 is 12.2. The minimum absolute atomic E-state index is 0.0918. The normalized spacial score (nSPS) is 17.8. The molecule has 1 unspecified atom stereocenters. The Kier molecular flexibility index (Phi) is 3.54. The van der Waals surface area contributed by atoms with Gasteiger partial charge in [-0.3, -0.25) is 4.79 Å². The predicted octanol–water partition coefficient (Wildman–Crippen LogP) is 1.39. The monoisotopic (exact) mass is 275 g/mol. The van der Waals surface area contributed by atoms with Gasteiger partial charge in [0.05, 0.1) is 19.3 Å². The van der Waals surface area contributed by atoms with Gasteiger partial charge in [-0.15, -0.1) is 10.2 Å². The fourth-order valence-electron chi connectivity index (χ4n) is 2.62. The van der Waals surface area contributed by atoms with E-state index in [0.29, 0.717) is 6.54 Å². The lowest BCUT2D eigenvalue weighted by atomic mass is 9.99. The van der Waals surface area contributed by atoms with Crippen LogP contribution in [0.1, 0.15) is 23.8 Å². The van der Waals surface area contributed by atoms with Crippen LogP contribution in [0.5, 0.6) is 0 Å². The second kappa shape index (κ2) is 5.48. The summed E-state index contributed by atoms with van der Waals surface area (Å²) in [7, 11) is 1.43. The molecule has 0 amide bonds. The molecular weight excluding hydrogens is 258 g/mol. The van der Waals surface area contributed by atoms with Gasteiger partial charge in [0, 0.05) is 25.8 Å². The Balaban J connectivity index is 1.71. The molecule has 0 N–H and O–H groups in total. The van der Waals surface area contributed by atoms with Crippen LogP contribution in [0.25, 0.3) is 0 Å². The van der Waals surface area contributed by atoms with Crippen LogP contribution in [0.15, 0.2) is 22.8 Å². The third kappa shape index (κ3) is 2.45. The van der Waals surface area contributed by atoms with E-state index in [1.165, 1.54) is 7.11 Å². The highest BCUT2D eigenvalue weighted by Crippen LogP contribution is 2.21. The van der Waals surface area contributed by atoms with E-state index in [9.17, 15) is 4.79 Å². The van der Waals surface area contributed by atoms with Crippen molar-refractivity contribution in [1.29, 1.82) is 0 Å². The minimum atomic E-state index is -0.152. The molecule has 20 heavy (non-hydrogen) atoms. The molecule has 0 bridgehead atoms. The number of furan rings is 1. The van der Waals surface area contributed by atoms with Crippen LogP contribution in [-0.4, -0.2) is 27.8 Å². The molecule has 106 valence electrons. The predicted molar refractivity (Wildman–Crippen MR) is 70.0 cm³/mol. The van der Waals surface area contributed by atoms with E-state index < -0.39 is 0 Å². The average molecular weight is 275 g/mol. The van der Waals surface area contributed by atoms with Crippen molar-refractivity contribution in [2.24, 2.45) is 5.92 Å². The minimum Gasteiger partial charge on any atom is -0.469 e. The highest BCUT2D eigenvalue weighted by molar-refractivity contribution is 5.72. The SMILES string of the molecule is COC(=O)C1CCc2nnc(CCc3ccco3)n2C1. The number of fused-ring (bicyclic) bond motifs is 1. The van der Waals surface area contributed by atoms with E-state index in [1.807, 2.05) is 16.7 Å². The summed E-state index contributed by atoms with van der Waals surface area (Å²) in [5.74, 6) is 2.56. The summed E-state index contributed by atoms with van der Waals surface area (Å²) in [4.78, 5) is 11.7. The summed E-state index contributed by atoms with van der Waals surface area (Å²) in [5, 5.41) is 8.44. The first-order valence-electron chi connectivity index (χ1n) is 6.79. The van der Waals surface area contributed by atoms with Crippen molar-refractivity contribution in [3.8, 4) is 0 Å². The summed E-state index contributed by atoms with van der Waals surface area (Å²) >= 11 is 0. The number of hydrogen-bond donors (Lipinski definition) is 0. The summed E-state index contributed by atoms with van der Waals surface area (Å²) in [5.41, 5.74) is 0. The van der Waals surface area contributed by atoms with Crippen molar-refractivity contribution in [2.45, 2.75) is 32.2 Å². The summed E-state index contributed by atoms with van der Waals surface area (Å²) in [6.45, 7) is 0.614. The maximum Gasteiger partial charge on any atom is 0.310 e. The Bertz CT molecular complexity index is 589. The van der Waals surface area contributed by atoms with Crippen molar-refractivity contribution in [3.63, 3.8) is 0 Å². The Morgan fingerprint density at radius 1 is 1.50 bits per heavy atom. The molecule has 1 atom stereocenters. The van der Waals surface area contributed by atoms with Crippen LogP contribution in [0.2, 0.25) is 0 Å². The smallest absolute Gasteiger partial charge is 0.310 e. The number of rotatable bonds is 4. The number of aryl methyl sites for hydroxylation is 3. The number of carbonyl (C=O) groups excluding carboxylic acids is 1. The van der Waals surface area contributed by atoms with Crippen molar-refractivity contribution in [1.82, 2.24) is 14.8 Å².